The number of rotatable bonds is 1. The molecule has 0 aliphatic carbocycles. The Morgan fingerprint density at radius 1 is 1.43 bits per heavy atom. The van der Waals surface area contributed by atoms with Gasteiger partial charge in [-0.15, -0.1) is 0 Å². The summed E-state index contributed by atoms with van der Waals surface area (Å²) in [4.78, 5) is 19.0. The Bertz CT molecular complexity index is 831. The quantitative estimate of drug-likeness (QED) is 0.819. The highest BCUT2D eigenvalue weighted by molar-refractivity contribution is 5.54. The topological polar surface area (TPSA) is 105 Å². The van der Waals surface area contributed by atoms with E-state index in [4.69, 9.17) is 10.5 Å². The van der Waals surface area contributed by atoms with Crippen LogP contribution in [-0.2, 0) is 0 Å². The number of ether oxygens (including phenoxy) is 1. The molecule has 0 radical (unpaired) electrons. The van der Waals surface area contributed by atoms with Gasteiger partial charge in [0.15, 0.2) is 0 Å². The minimum absolute atomic E-state index is 0.0248. The minimum Gasteiger partial charge on any atom is -0.440 e. The predicted octanol–water partition coefficient (Wildman–Crippen LogP) is 1.30. The predicted molar refractivity (Wildman–Crippen MR) is 75.3 cm³/mol. The Morgan fingerprint density at radius 2 is 2.14 bits per heavy atom. The number of fused-ring (bicyclic) bond motifs is 1. The van der Waals surface area contributed by atoms with Gasteiger partial charge in [-0.3, -0.25) is 9.78 Å². The summed E-state index contributed by atoms with van der Waals surface area (Å²) < 4.78 is 5.45. The lowest BCUT2D eigenvalue weighted by molar-refractivity contribution is 0.391. The second-order valence-electron chi connectivity index (χ2n) is 4.76. The average Bonchev–Trinajstić information content (AvgIpc) is 2.46. The zero-order valence-corrected chi connectivity index (χ0v) is 11.3. The van der Waals surface area contributed by atoms with Crippen molar-refractivity contribution < 1.29 is 4.74 Å². The van der Waals surface area contributed by atoms with Gasteiger partial charge in [0, 0.05) is 24.2 Å². The number of allylic oxidation sites excluding steroid dienone is 1. The van der Waals surface area contributed by atoms with E-state index < -0.39 is 5.92 Å². The number of nitrogens with two attached hydrogens (primary N) is 1. The van der Waals surface area contributed by atoms with Crippen LogP contribution in [-0.4, -0.2) is 9.97 Å². The Hall–Kier alpha value is -3.07. The van der Waals surface area contributed by atoms with E-state index in [1.54, 1.807) is 37.5 Å². The molecule has 0 aromatic carbocycles. The van der Waals surface area contributed by atoms with E-state index in [1.807, 2.05) is 6.07 Å². The van der Waals surface area contributed by atoms with Crippen molar-refractivity contribution in [3.8, 4) is 11.8 Å². The zero-order valence-electron chi connectivity index (χ0n) is 11.3. The number of aromatic nitrogens is 2. The van der Waals surface area contributed by atoms with Crippen LogP contribution in [0.4, 0.5) is 0 Å². The highest BCUT2D eigenvalue weighted by Gasteiger charge is 2.33. The molecule has 3 N–H and O–H groups in total. The molecule has 6 nitrogen and oxygen atoms in total. The van der Waals surface area contributed by atoms with Crippen molar-refractivity contribution in [3.63, 3.8) is 0 Å². The van der Waals surface area contributed by atoms with Gasteiger partial charge >= 0.3 is 0 Å². The molecule has 0 fully saturated rings. The first-order valence-electron chi connectivity index (χ1n) is 6.33. The summed E-state index contributed by atoms with van der Waals surface area (Å²) in [5.74, 6) is -0.141. The Kier molecular flexibility index (Phi) is 2.95. The molecule has 2 aromatic heterocycles. The van der Waals surface area contributed by atoms with Gasteiger partial charge in [-0.2, -0.15) is 5.26 Å². The molecule has 1 atom stereocenters. The van der Waals surface area contributed by atoms with Gasteiger partial charge in [0.2, 0.25) is 5.88 Å². The number of nitrogens with zero attached hydrogens (tertiary/aromatic N) is 2. The molecule has 6 heteroatoms. The number of nitriles is 1. The molecule has 1 aliphatic rings. The number of pyridine rings is 2. The maximum Gasteiger partial charge on any atom is 0.256 e. The summed E-state index contributed by atoms with van der Waals surface area (Å²) >= 11 is 0. The molecule has 0 amide bonds. The van der Waals surface area contributed by atoms with Gasteiger partial charge < -0.3 is 15.5 Å². The van der Waals surface area contributed by atoms with E-state index in [-0.39, 0.29) is 17.0 Å². The Balaban J connectivity index is 2.32. The molecule has 104 valence electrons. The molecule has 0 spiro atoms. The molecule has 0 saturated heterocycles. The van der Waals surface area contributed by atoms with Crippen LogP contribution in [0.2, 0.25) is 0 Å². The third-order valence-electron chi connectivity index (χ3n) is 3.39. The van der Waals surface area contributed by atoms with Gasteiger partial charge in [0.05, 0.1) is 11.5 Å². The van der Waals surface area contributed by atoms with E-state index in [0.717, 1.165) is 5.56 Å². The van der Waals surface area contributed by atoms with Gasteiger partial charge in [0.25, 0.3) is 5.56 Å². The Morgan fingerprint density at radius 3 is 2.81 bits per heavy atom. The number of hydrogen-bond donors (Lipinski definition) is 2. The van der Waals surface area contributed by atoms with Crippen molar-refractivity contribution in [1.29, 1.82) is 5.26 Å². The number of nitrogens with one attached hydrogen (secondary N) is 1. The van der Waals surface area contributed by atoms with E-state index in [9.17, 15) is 10.1 Å². The molecule has 1 aliphatic heterocycles. The third kappa shape index (κ3) is 2.05. The summed E-state index contributed by atoms with van der Waals surface area (Å²) in [7, 11) is 0. The molecule has 2 aromatic rings. The number of hydrogen-bond acceptors (Lipinski definition) is 5. The van der Waals surface area contributed by atoms with Crippen LogP contribution in [0.3, 0.4) is 0 Å². The highest BCUT2D eigenvalue weighted by atomic mass is 16.5. The van der Waals surface area contributed by atoms with Gasteiger partial charge in [-0.05, 0) is 24.6 Å². The number of H-pyrrole nitrogens is 1. The first-order valence-corrected chi connectivity index (χ1v) is 6.33. The van der Waals surface area contributed by atoms with Crippen LogP contribution >= 0.6 is 0 Å². The summed E-state index contributed by atoms with van der Waals surface area (Å²) in [5.41, 5.74) is 7.60. The molecular weight excluding hydrogens is 268 g/mol. The van der Waals surface area contributed by atoms with E-state index >= 15 is 0 Å². The monoisotopic (exact) mass is 280 g/mol. The Labute approximate surface area is 120 Å². The van der Waals surface area contributed by atoms with Crippen molar-refractivity contribution in [1.82, 2.24) is 9.97 Å². The van der Waals surface area contributed by atoms with Crippen molar-refractivity contribution >= 4 is 0 Å². The lowest BCUT2D eigenvalue weighted by Gasteiger charge is -2.25. The van der Waals surface area contributed by atoms with Crippen molar-refractivity contribution in [3.05, 3.63) is 69.2 Å². The van der Waals surface area contributed by atoms with Gasteiger partial charge in [-0.1, -0.05) is 0 Å². The van der Waals surface area contributed by atoms with Crippen molar-refractivity contribution in [2.24, 2.45) is 5.73 Å². The maximum absolute atomic E-state index is 12.3. The largest absolute Gasteiger partial charge is 0.440 e. The van der Waals surface area contributed by atoms with Crippen molar-refractivity contribution in [2.45, 2.75) is 12.8 Å². The van der Waals surface area contributed by atoms with Crippen LogP contribution < -0.4 is 16.0 Å². The summed E-state index contributed by atoms with van der Waals surface area (Å²) in [6.45, 7) is 1.76. The van der Waals surface area contributed by atoms with Crippen LogP contribution in [0.25, 0.3) is 0 Å². The smallest absolute Gasteiger partial charge is 0.256 e. The fourth-order valence-corrected chi connectivity index (χ4v) is 2.50. The standard InChI is InChI=1S/C15H12N4O2/c1-8-6-11-13(15(20)19-8)12(9-2-4-18-5-3-9)10(7-16)14(17)21-11/h2-6,12H,17H2,1H3,(H,19,20). The second kappa shape index (κ2) is 4.80. The van der Waals surface area contributed by atoms with Crippen molar-refractivity contribution in [2.75, 3.05) is 0 Å². The van der Waals surface area contributed by atoms with E-state index in [0.29, 0.717) is 17.0 Å². The summed E-state index contributed by atoms with van der Waals surface area (Å²) in [5, 5.41) is 9.37. The first-order chi connectivity index (χ1) is 10.1. The van der Waals surface area contributed by atoms with Crippen LogP contribution in [0, 0.1) is 18.3 Å². The number of aryl methyl sites for hydroxylation is 1. The van der Waals surface area contributed by atoms with Crippen LogP contribution in [0.5, 0.6) is 5.75 Å². The van der Waals surface area contributed by atoms with Gasteiger partial charge in [0.1, 0.15) is 17.4 Å². The number of aromatic amines is 1. The summed E-state index contributed by atoms with van der Waals surface area (Å²) in [6, 6.07) is 7.25. The molecular formula is C15H12N4O2. The van der Waals surface area contributed by atoms with E-state index in [1.165, 1.54) is 0 Å². The highest BCUT2D eigenvalue weighted by Crippen LogP contribution is 2.39. The lowest BCUT2D eigenvalue weighted by atomic mass is 9.84. The molecule has 1 unspecified atom stereocenters. The minimum atomic E-state index is -0.550. The molecule has 3 rings (SSSR count). The van der Waals surface area contributed by atoms with E-state index in [2.05, 4.69) is 9.97 Å². The molecule has 3 heterocycles. The van der Waals surface area contributed by atoms with Gasteiger partial charge in [-0.25, -0.2) is 0 Å². The lowest BCUT2D eigenvalue weighted by Crippen LogP contribution is -2.28. The van der Waals surface area contributed by atoms with Crippen LogP contribution in [0.15, 0.2) is 46.8 Å². The second-order valence-corrected chi connectivity index (χ2v) is 4.76. The first kappa shape index (κ1) is 12.9. The third-order valence-corrected chi connectivity index (χ3v) is 3.39. The van der Waals surface area contributed by atoms with Crippen LogP contribution in [0.1, 0.15) is 22.7 Å². The fourth-order valence-electron chi connectivity index (χ4n) is 2.50. The zero-order chi connectivity index (χ0) is 15.0. The molecule has 0 bridgehead atoms. The maximum atomic E-state index is 12.3. The molecule has 21 heavy (non-hydrogen) atoms. The normalized spacial score (nSPS) is 16.9. The summed E-state index contributed by atoms with van der Waals surface area (Å²) in [6.07, 6.45) is 3.22. The average molecular weight is 280 g/mol. The molecule has 0 saturated carbocycles. The fraction of sp³-hybridized carbons (Fsp3) is 0.133. The SMILES string of the molecule is Cc1cc2c(c(=O)[nH]1)C(c1ccncc1)C(C#N)=C(N)O2.